The van der Waals surface area contributed by atoms with Crippen molar-refractivity contribution >= 4 is 11.6 Å². The molecule has 0 atom stereocenters. The van der Waals surface area contributed by atoms with E-state index in [1.807, 2.05) is 24.3 Å². The van der Waals surface area contributed by atoms with E-state index in [4.69, 9.17) is 5.11 Å². The second-order valence-electron chi connectivity index (χ2n) is 5.73. The average Bonchev–Trinajstić information content (AvgIpc) is 2.76. The predicted octanol–water partition coefficient (Wildman–Crippen LogP) is 3.02. The zero-order valence-corrected chi connectivity index (χ0v) is 12.3. The summed E-state index contributed by atoms with van der Waals surface area (Å²) in [7, 11) is 0. The highest BCUT2D eigenvalue weighted by Crippen LogP contribution is 2.35. The molecule has 0 saturated heterocycles. The maximum Gasteiger partial charge on any atom is 0.244 e. The number of carbonyl (C=O) groups is 1. The van der Waals surface area contributed by atoms with Crippen LogP contribution in [0.2, 0.25) is 0 Å². The monoisotopic (exact) mass is 286 g/mol. The zero-order chi connectivity index (χ0) is 15.1. The number of nitrogens with zero attached hydrogens (tertiary/aromatic N) is 1. The number of nitrogens with one attached hydrogen (secondary N) is 1. The third-order valence-corrected chi connectivity index (χ3v) is 4.22. The molecular formula is C17H22N2O2. The second kappa shape index (κ2) is 7.24. The van der Waals surface area contributed by atoms with Crippen molar-refractivity contribution in [3.8, 4) is 6.07 Å². The molecule has 0 heterocycles. The Morgan fingerprint density at radius 2 is 1.81 bits per heavy atom. The van der Waals surface area contributed by atoms with Crippen LogP contribution < -0.4 is 5.32 Å². The van der Waals surface area contributed by atoms with Crippen LogP contribution in [0, 0.1) is 16.7 Å². The fourth-order valence-electron chi connectivity index (χ4n) is 2.86. The Morgan fingerprint density at radius 3 is 2.33 bits per heavy atom. The normalized spacial score (nSPS) is 17.5. The topological polar surface area (TPSA) is 73.1 Å². The zero-order valence-electron chi connectivity index (χ0n) is 12.3. The van der Waals surface area contributed by atoms with Gasteiger partial charge in [0.2, 0.25) is 5.91 Å². The van der Waals surface area contributed by atoms with Crippen LogP contribution in [0.3, 0.4) is 0 Å². The molecule has 112 valence electrons. The van der Waals surface area contributed by atoms with Gasteiger partial charge in [-0.25, -0.2) is 0 Å². The summed E-state index contributed by atoms with van der Waals surface area (Å²) >= 11 is 0. The first-order valence-electron chi connectivity index (χ1n) is 7.63. The lowest BCUT2D eigenvalue weighted by Crippen LogP contribution is -2.34. The van der Waals surface area contributed by atoms with E-state index in [1.54, 1.807) is 0 Å². The fraction of sp³-hybridized carbons (Fsp3) is 0.529. The van der Waals surface area contributed by atoms with Crippen molar-refractivity contribution in [3.05, 3.63) is 29.8 Å². The number of amides is 1. The van der Waals surface area contributed by atoms with Gasteiger partial charge < -0.3 is 10.4 Å². The van der Waals surface area contributed by atoms with Gasteiger partial charge in [-0.05, 0) is 37.0 Å². The van der Waals surface area contributed by atoms with Gasteiger partial charge in [-0.1, -0.05) is 37.8 Å². The van der Waals surface area contributed by atoms with Crippen molar-refractivity contribution in [1.82, 2.24) is 0 Å². The molecule has 1 aromatic carbocycles. The van der Waals surface area contributed by atoms with Gasteiger partial charge in [-0.15, -0.1) is 0 Å². The summed E-state index contributed by atoms with van der Waals surface area (Å²) in [6, 6.07) is 9.69. The maximum absolute atomic E-state index is 12.5. The molecule has 1 amide bonds. The van der Waals surface area contributed by atoms with Gasteiger partial charge in [-0.3, -0.25) is 4.79 Å². The summed E-state index contributed by atoms with van der Waals surface area (Å²) in [6.45, 7) is 0.114. The van der Waals surface area contributed by atoms with Gasteiger partial charge in [0.1, 0.15) is 5.41 Å². The highest BCUT2D eigenvalue weighted by molar-refractivity contribution is 5.97. The van der Waals surface area contributed by atoms with E-state index in [9.17, 15) is 10.1 Å². The van der Waals surface area contributed by atoms with Crippen LogP contribution in [-0.4, -0.2) is 17.6 Å². The predicted molar refractivity (Wildman–Crippen MR) is 81.6 cm³/mol. The first kappa shape index (κ1) is 15.5. The number of benzene rings is 1. The lowest BCUT2D eigenvalue weighted by atomic mass is 9.81. The summed E-state index contributed by atoms with van der Waals surface area (Å²) in [5.41, 5.74) is 0.862. The van der Waals surface area contributed by atoms with Crippen molar-refractivity contribution in [1.29, 1.82) is 5.26 Å². The summed E-state index contributed by atoms with van der Waals surface area (Å²) in [5.74, 6) is -0.179. The Balaban J connectivity index is 2.06. The Kier molecular flexibility index (Phi) is 5.35. The standard InChI is InChI=1S/C17H22N2O2/c18-13-17(10-3-1-2-4-11-17)16(21)19-15-7-5-14(6-8-15)9-12-20/h5-8,20H,1-4,9-12H2,(H,19,21). The molecule has 0 radical (unpaired) electrons. The minimum Gasteiger partial charge on any atom is -0.396 e. The van der Waals surface area contributed by atoms with Crippen LogP contribution in [0.15, 0.2) is 24.3 Å². The molecular weight excluding hydrogens is 264 g/mol. The van der Waals surface area contributed by atoms with E-state index in [2.05, 4.69) is 11.4 Å². The average molecular weight is 286 g/mol. The van der Waals surface area contributed by atoms with E-state index >= 15 is 0 Å². The van der Waals surface area contributed by atoms with E-state index in [0.29, 0.717) is 24.9 Å². The number of hydrogen-bond acceptors (Lipinski definition) is 3. The molecule has 1 fully saturated rings. The van der Waals surface area contributed by atoms with Crippen LogP contribution >= 0.6 is 0 Å². The number of hydrogen-bond donors (Lipinski definition) is 2. The van der Waals surface area contributed by atoms with Crippen molar-refractivity contribution in [2.75, 3.05) is 11.9 Å². The smallest absolute Gasteiger partial charge is 0.244 e. The minimum absolute atomic E-state index is 0.114. The molecule has 0 unspecified atom stereocenters. The van der Waals surface area contributed by atoms with Crippen molar-refractivity contribution < 1.29 is 9.90 Å². The van der Waals surface area contributed by atoms with Gasteiger partial charge in [0.25, 0.3) is 0 Å². The molecule has 1 aliphatic rings. The Bertz CT molecular complexity index is 509. The summed E-state index contributed by atoms with van der Waals surface area (Å²) in [4.78, 5) is 12.5. The molecule has 2 N–H and O–H groups in total. The fourth-order valence-corrected chi connectivity index (χ4v) is 2.86. The first-order valence-corrected chi connectivity index (χ1v) is 7.63. The van der Waals surface area contributed by atoms with Gasteiger partial charge in [-0.2, -0.15) is 5.26 Å². The van der Waals surface area contributed by atoms with E-state index in [0.717, 1.165) is 31.2 Å². The molecule has 0 aliphatic heterocycles. The number of nitriles is 1. The van der Waals surface area contributed by atoms with Crippen LogP contribution in [-0.2, 0) is 11.2 Å². The molecule has 21 heavy (non-hydrogen) atoms. The molecule has 1 aliphatic carbocycles. The number of anilines is 1. The summed E-state index contributed by atoms with van der Waals surface area (Å²) < 4.78 is 0. The van der Waals surface area contributed by atoms with E-state index in [1.165, 1.54) is 0 Å². The highest BCUT2D eigenvalue weighted by Gasteiger charge is 2.38. The third-order valence-electron chi connectivity index (χ3n) is 4.22. The SMILES string of the molecule is N#CC1(C(=O)Nc2ccc(CCO)cc2)CCCCCC1. The summed E-state index contributed by atoms with van der Waals surface area (Å²) in [6.07, 6.45) is 6.00. The largest absolute Gasteiger partial charge is 0.396 e. The number of carbonyl (C=O) groups excluding carboxylic acids is 1. The Morgan fingerprint density at radius 1 is 1.19 bits per heavy atom. The lowest BCUT2D eigenvalue weighted by Gasteiger charge is -2.23. The molecule has 0 aromatic heterocycles. The number of aliphatic hydroxyl groups is 1. The van der Waals surface area contributed by atoms with Crippen LogP contribution in [0.1, 0.15) is 44.1 Å². The number of aliphatic hydroxyl groups excluding tert-OH is 1. The van der Waals surface area contributed by atoms with Crippen molar-refractivity contribution in [2.24, 2.45) is 5.41 Å². The van der Waals surface area contributed by atoms with Crippen LogP contribution in [0.4, 0.5) is 5.69 Å². The maximum atomic E-state index is 12.5. The molecule has 4 heteroatoms. The Hall–Kier alpha value is -1.86. The molecule has 0 bridgehead atoms. The lowest BCUT2D eigenvalue weighted by molar-refractivity contribution is -0.123. The summed E-state index contributed by atoms with van der Waals surface area (Å²) in [5, 5.41) is 21.3. The Labute approximate surface area is 125 Å². The third kappa shape index (κ3) is 3.83. The highest BCUT2D eigenvalue weighted by atomic mass is 16.2. The molecule has 1 aromatic rings. The molecule has 1 saturated carbocycles. The van der Waals surface area contributed by atoms with Gasteiger partial charge in [0, 0.05) is 12.3 Å². The van der Waals surface area contributed by atoms with Gasteiger partial charge >= 0.3 is 0 Å². The minimum atomic E-state index is -0.875. The van der Waals surface area contributed by atoms with Crippen LogP contribution in [0.5, 0.6) is 0 Å². The van der Waals surface area contributed by atoms with Crippen LogP contribution in [0.25, 0.3) is 0 Å². The molecule has 2 rings (SSSR count). The van der Waals surface area contributed by atoms with E-state index < -0.39 is 5.41 Å². The molecule has 0 spiro atoms. The van der Waals surface area contributed by atoms with E-state index in [-0.39, 0.29) is 12.5 Å². The number of rotatable bonds is 4. The van der Waals surface area contributed by atoms with Gasteiger partial charge in [0.05, 0.1) is 6.07 Å². The quantitative estimate of drug-likeness (QED) is 0.836. The first-order chi connectivity index (χ1) is 10.2. The molecule has 4 nitrogen and oxygen atoms in total. The second-order valence-corrected chi connectivity index (χ2v) is 5.73. The van der Waals surface area contributed by atoms with Crippen molar-refractivity contribution in [2.45, 2.75) is 44.9 Å². The van der Waals surface area contributed by atoms with Gasteiger partial charge in [0.15, 0.2) is 0 Å². The van der Waals surface area contributed by atoms with Crippen molar-refractivity contribution in [3.63, 3.8) is 0 Å².